The van der Waals surface area contributed by atoms with Gasteiger partial charge in [-0.05, 0) is 18.6 Å². The van der Waals surface area contributed by atoms with Crippen LogP contribution >= 0.6 is 11.6 Å². The van der Waals surface area contributed by atoms with Crippen LogP contribution in [0.25, 0.3) is 0 Å². The first-order valence-electron chi connectivity index (χ1n) is 5.60. The van der Waals surface area contributed by atoms with Gasteiger partial charge in [0.15, 0.2) is 0 Å². The van der Waals surface area contributed by atoms with E-state index in [1.807, 2.05) is 18.2 Å². The van der Waals surface area contributed by atoms with Crippen molar-refractivity contribution in [3.05, 3.63) is 34.9 Å². The van der Waals surface area contributed by atoms with Gasteiger partial charge in [-0.2, -0.15) is 0 Å². The highest BCUT2D eigenvalue weighted by Crippen LogP contribution is 2.22. The Kier molecular flexibility index (Phi) is 4.18. The minimum Gasteiger partial charge on any atom is -0.379 e. The number of hydrogen-bond acceptors (Lipinski definition) is 3. The standard InChI is InChI=1S/C12H17ClN2O/c1-10(11-4-2-3-5-12(11)13)14-15-6-8-16-9-7-15/h2-5,10,14H,6-9H2,1H3. The molecule has 1 saturated heterocycles. The minimum absolute atomic E-state index is 0.229. The first-order valence-corrected chi connectivity index (χ1v) is 5.98. The summed E-state index contributed by atoms with van der Waals surface area (Å²) in [5.74, 6) is 0. The van der Waals surface area contributed by atoms with Crippen molar-refractivity contribution >= 4 is 11.6 Å². The summed E-state index contributed by atoms with van der Waals surface area (Å²) in [5.41, 5.74) is 4.58. The lowest BCUT2D eigenvalue weighted by atomic mass is 10.1. The van der Waals surface area contributed by atoms with E-state index in [1.165, 1.54) is 0 Å². The molecule has 1 aromatic rings. The summed E-state index contributed by atoms with van der Waals surface area (Å²) in [6.45, 7) is 5.56. The van der Waals surface area contributed by atoms with Gasteiger partial charge >= 0.3 is 0 Å². The summed E-state index contributed by atoms with van der Waals surface area (Å²) in [5, 5.41) is 3.01. The molecule has 1 N–H and O–H groups in total. The monoisotopic (exact) mass is 240 g/mol. The number of morpholine rings is 1. The quantitative estimate of drug-likeness (QED) is 0.877. The highest BCUT2D eigenvalue weighted by molar-refractivity contribution is 6.31. The van der Waals surface area contributed by atoms with Crippen LogP contribution < -0.4 is 5.43 Å². The first kappa shape index (κ1) is 11.9. The molecule has 0 spiro atoms. The molecule has 0 aliphatic carbocycles. The Morgan fingerprint density at radius 2 is 2.00 bits per heavy atom. The molecule has 0 saturated carbocycles. The number of ether oxygens (including phenoxy) is 1. The highest BCUT2D eigenvalue weighted by atomic mass is 35.5. The predicted octanol–water partition coefficient (Wildman–Crippen LogP) is 2.24. The van der Waals surface area contributed by atoms with Crippen LogP contribution in [-0.4, -0.2) is 31.3 Å². The molecule has 1 aliphatic rings. The van der Waals surface area contributed by atoms with Crippen molar-refractivity contribution in [3.8, 4) is 0 Å². The zero-order chi connectivity index (χ0) is 11.4. The molecule has 3 nitrogen and oxygen atoms in total. The molecule has 88 valence electrons. The molecule has 1 aliphatic heterocycles. The molecular formula is C12H17ClN2O. The topological polar surface area (TPSA) is 24.5 Å². The Hall–Kier alpha value is -0.610. The van der Waals surface area contributed by atoms with Crippen LogP contribution in [0.4, 0.5) is 0 Å². The minimum atomic E-state index is 0.229. The fourth-order valence-corrected chi connectivity index (χ4v) is 2.16. The van der Waals surface area contributed by atoms with Crippen LogP contribution in [0.3, 0.4) is 0 Å². The van der Waals surface area contributed by atoms with Gasteiger partial charge in [0.25, 0.3) is 0 Å². The Morgan fingerprint density at radius 3 is 2.69 bits per heavy atom. The van der Waals surface area contributed by atoms with E-state index in [1.54, 1.807) is 0 Å². The second-order valence-corrected chi connectivity index (χ2v) is 4.38. The average Bonchev–Trinajstić information content (AvgIpc) is 2.31. The van der Waals surface area contributed by atoms with E-state index in [-0.39, 0.29) is 6.04 Å². The fraction of sp³-hybridized carbons (Fsp3) is 0.500. The van der Waals surface area contributed by atoms with Crippen molar-refractivity contribution in [1.82, 2.24) is 10.4 Å². The van der Waals surface area contributed by atoms with Crippen LogP contribution in [-0.2, 0) is 4.74 Å². The lowest BCUT2D eigenvalue weighted by Gasteiger charge is -2.30. The molecule has 0 bridgehead atoms. The van der Waals surface area contributed by atoms with Gasteiger partial charge in [0.1, 0.15) is 0 Å². The average molecular weight is 241 g/mol. The number of nitrogens with one attached hydrogen (secondary N) is 1. The molecule has 1 fully saturated rings. The summed E-state index contributed by atoms with van der Waals surface area (Å²) >= 11 is 6.15. The maximum absolute atomic E-state index is 6.15. The van der Waals surface area contributed by atoms with Gasteiger partial charge in [0.05, 0.1) is 13.2 Å². The maximum atomic E-state index is 6.15. The van der Waals surface area contributed by atoms with Crippen LogP contribution in [0.2, 0.25) is 5.02 Å². The molecule has 2 rings (SSSR count). The third-order valence-electron chi connectivity index (χ3n) is 2.76. The van der Waals surface area contributed by atoms with Gasteiger partial charge < -0.3 is 4.74 Å². The van der Waals surface area contributed by atoms with E-state index in [0.717, 1.165) is 36.9 Å². The molecule has 0 amide bonds. The second kappa shape index (κ2) is 5.64. The van der Waals surface area contributed by atoms with Crippen LogP contribution in [0.1, 0.15) is 18.5 Å². The molecule has 0 radical (unpaired) electrons. The number of rotatable bonds is 3. The molecule has 4 heteroatoms. The number of halogens is 1. The molecular weight excluding hydrogens is 224 g/mol. The van der Waals surface area contributed by atoms with Crippen LogP contribution in [0, 0.1) is 0 Å². The third-order valence-corrected chi connectivity index (χ3v) is 3.10. The van der Waals surface area contributed by atoms with Crippen molar-refractivity contribution in [2.75, 3.05) is 26.3 Å². The van der Waals surface area contributed by atoms with E-state index < -0.39 is 0 Å². The third kappa shape index (κ3) is 2.95. The largest absolute Gasteiger partial charge is 0.379 e. The number of benzene rings is 1. The Morgan fingerprint density at radius 1 is 1.31 bits per heavy atom. The Bertz CT molecular complexity index is 340. The normalized spacial score (nSPS) is 19.6. The van der Waals surface area contributed by atoms with Crippen molar-refractivity contribution in [2.24, 2.45) is 0 Å². The molecule has 16 heavy (non-hydrogen) atoms. The van der Waals surface area contributed by atoms with Gasteiger partial charge in [0, 0.05) is 24.2 Å². The second-order valence-electron chi connectivity index (χ2n) is 3.97. The molecule has 1 aromatic carbocycles. The Balaban J connectivity index is 1.96. The molecule has 1 heterocycles. The Labute approximate surface area is 101 Å². The first-order chi connectivity index (χ1) is 7.77. The van der Waals surface area contributed by atoms with Gasteiger partial charge in [0.2, 0.25) is 0 Å². The van der Waals surface area contributed by atoms with Gasteiger partial charge in [-0.25, -0.2) is 10.4 Å². The summed E-state index contributed by atoms with van der Waals surface area (Å²) < 4.78 is 5.30. The van der Waals surface area contributed by atoms with Gasteiger partial charge in [-0.3, -0.25) is 0 Å². The fourth-order valence-electron chi connectivity index (χ4n) is 1.86. The highest BCUT2D eigenvalue weighted by Gasteiger charge is 2.15. The smallest absolute Gasteiger partial charge is 0.0608 e. The predicted molar refractivity (Wildman–Crippen MR) is 65.4 cm³/mol. The lowest BCUT2D eigenvalue weighted by Crippen LogP contribution is -2.46. The van der Waals surface area contributed by atoms with Crippen LogP contribution in [0.15, 0.2) is 24.3 Å². The van der Waals surface area contributed by atoms with Crippen molar-refractivity contribution < 1.29 is 4.74 Å². The zero-order valence-corrected chi connectivity index (χ0v) is 10.2. The molecule has 1 unspecified atom stereocenters. The molecule has 1 atom stereocenters. The van der Waals surface area contributed by atoms with Gasteiger partial charge in [-0.15, -0.1) is 0 Å². The number of hydrazine groups is 1. The van der Waals surface area contributed by atoms with Gasteiger partial charge in [-0.1, -0.05) is 29.8 Å². The van der Waals surface area contributed by atoms with Crippen molar-refractivity contribution in [2.45, 2.75) is 13.0 Å². The van der Waals surface area contributed by atoms with E-state index >= 15 is 0 Å². The summed E-state index contributed by atoms with van der Waals surface area (Å²) in [6, 6.07) is 8.17. The number of nitrogens with zero attached hydrogens (tertiary/aromatic N) is 1. The van der Waals surface area contributed by atoms with Crippen molar-refractivity contribution in [1.29, 1.82) is 0 Å². The van der Waals surface area contributed by atoms with E-state index in [4.69, 9.17) is 16.3 Å². The SMILES string of the molecule is CC(NN1CCOCC1)c1ccccc1Cl. The summed E-state index contributed by atoms with van der Waals surface area (Å²) in [7, 11) is 0. The lowest BCUT2D eigenvalue weighted by molar-refractivity contribution is 0.00485. The maximum Gasteiger partial charge on any atom is 0.0608 e. The zero-order valence-electron chi connectivity index (χ0n) is 9.45. The molecule has 0 aromatic heterocycles. The number of hydrogen-bond donors (Lipinski definition) is 1. The van der Waals surface area contributed by atoms with Crippen LogP contribution in [0.5, 0.6) is 0 Å². The van der Waals surface area contributed by atoms with Crippen molar-refractivity contribution in [3.63, 3.8) is 0 Å². The summed E-state index contributed by atoms with van der Waals surface area (Å²) in [4.78, 5) is 0. The van der Waals surface area contributed by atoms with E-state index in [2.05, 4.69) is 23.4 Å². The summed E-state index contributed by atoms with van der Waals surface area (Å²) in [6.07, 6.45) is 0. The van der Waals surface area contributed by atoms with E-state index in [0.29, 0.717) is 0 Å². The van der Waals surface area contributed by atoms with E-state index in [9.17, 15) is 0 Å².